The maximum absolute atomic E-state index is 12.6. The second-order valence-corrected chi connectivity index (χ2v) is 8.16. The van der Waals surface area contributed by atoms with Crippen molar-refractivity contribution in [3.05, 3.63) is 47.2 Å². The molecule has 0 radical (unpaired) electrons. The van der Waals surface area contributed by atoms with Crippen molar-refractivity contribution in [2.45, 2.75) is 57.9 Å². The van der Waals surface area contributed by atoms with Gasteiger partial charge in [-0.1, -0.05) is 37.1 Å². The van der Waals surface area contributed by atoms with Gasteiger partial charge in [0.25, 0.3) is 0 Å². The summed E-state index contributed by atoms with van der Waals surface area (Å²) in [6, 6.07) is 8.97. The predicted molar refractivity (Wildman–Crippen MR) is 115 cm³/mol. The van der Waals surface area contributed by atoms with E-state index in [4.69, 9.17) is 0 Å². The molecule has 1 aliphatic heterocycles. The number of hydrogen-bond donors (Lipinski definition) is 2. The number of rotatable bonds is 6. The molecule has 1 aromatic heterocycles. The Bertz CT molecular complexity index is 774. The predicted octanol–water partition coefficient (Wildman–Crippen LogP) is 4.06. The van der Waals surface area contributed by atoms with Gasteiger partial charge in [0.15, 0.2) is 0 Å². The van der Waals surface area contributed by atoms with E-state index < -0.39 is 0 Å². The molecule has 2 aliphatic rings. The third kappa shape index (κ3) is 4.95. The van der Waals surface area contributed by atoms with E-state index in [0.717, 1.165) is 55.2 Å². The van der Waals surface area contributed by atoms with E-state index in [1.807, 2.05) is 17.8 Å². The summed E-state index contributed by atoms with van der Waals surface area (Å²) in [4.78, 5) is 12.6. The molecule has 1 unspecified atom stereocenters. The second kappa shape index (κ2) is 9.57. The molecule has 4 rings (SSSR count). The zero-order chi connectivity index (χ0) is 18.6. The van der Waals surface area contributed by atoms with Crippen molar-refractivity contribution < 1.29 is 4.79 Å². The number of aryl methyl sites for hydroxylation is 1. The van der Waals surface area contributed by atoms with Gasteiger partial charge in [0.05, 0.1) is 18.7 Å². The van der Waals surface area contributed by atoms with Crippen LogP contribution in [0.1, 0.15) is 54.8 Å². The molecule has 1 saturated carbocycles. The topological polar surface area (TPSA) is 59.0 Å². The number of hydrogen-bond acceptors (Lipinski definition) is 3. The summed E-state index contributed by atoms with van der Waals surface area (Å²) in [5, 5.41) is 11.0. The van der Waals surface area contributed by atoms with E-state index in [-0.39, 0.29) is 18.3 Å². The molecular weight excluding hydrogens is 372 g/mol. The van der Waals surface area contributed by atoms with Gasteiger partial charge in [-0.25, -0.2) is 4.68 Å². The highest BCUT2D eigenvalue weighted by molar-refractivity contribution is 5.92. The molecule has 0 bridgehead atoms. The van der Waals surface area contributed by atoms with Crippen LogP contribution in [0.25, 0.3) is 0 Å². The molecule has 2 heterocycles. The van der Waals surface area contributed by atoms with Gasteiger partial charge in [-0.15, -0.1) is 12.4 Å². The van der Waals surface area contributed by atoms with Crippen molar-refractivity contribution in [3.63, 3.8) is 0 Å². The average molecular weight is 403 g/mol. The molecule has 1 aromatic carbocycles. The molecule has 1 saturated heterocycles. The van der Waals surface area contributed by atoms with Crippen LogP contribution in [0.2, 0.25) is 0 Å². The maximum Gasteiger partial charge on any atom is 0.229 e. The van der Waals surface area contributed by atoms with Crippen molar-refractivity contribution >= 4 is 24.1 Å². The number of nitrogens with one attached hydrogen (secondary N) is 2. The molecule has 2 fully saturated rings. The van der Waals surface area contributed by atoms with E-state index in [1.54, 1.807) is 0 Å². The lowest BCUT2D eigenvalue weighted by Gasteiger charge is -2.15. The van der Waals surface area contributed by atoms with Crippen LogP contribution >= 0.6 is 12.4 Å². The van der Waals surface area contributed by atoms with E-state index in [0.29, 0.717) is 12.5 Å². The molecule has 0 spiro atoms. The Kier molecular flexibility index (Phi) is 7.13. The number of benzene rings is 1. The third-order valence-corrected chi connectivity index (χ3v) is 5.98. The zero-order valence-electron chi connectivity index (χ0n) is 16.6. The van der Waals surface area contributed by atoms with Crippen molar-refractivity contribution in [3.8, 4) is 0 Å². The highest BCUT2D eigenvalue weighted by atomic mass is 35.5. The van der Waals surface area contributed by atoms with E-state index in [2.05, 4.69) is 40.0 Å². The first-order chi connectivity index (χ1) is 13.2. The molecule has 2 aromatic rings. The Labute approximate surface area is 173 Å². The highest BCUT2D eigenvalue weighted by Gasteiger charge is 2.22. The molecular formula is C22H31ClN4O. The van der Waals surface area contributed by atoms with Gasteiger partial charge < -0.3 is 10.6 Å². The monoisotopic (exact) mass is 402 g/mol. The van der Waals surface area contributed by atoms with Gasteiger partial charge >= 0.3 is 0 Å². The summed E-state index contributed by atoms with van der Waals surface area (Å²) < 4.78 is 2.03. The summed E-state index contributed by atoms with van der Waals surface area (Å²) in [7, 11) is 0. The van der Waals surface area contributed by atoms with E-state index in [9.17, 15) is 4.79 Å². The number of anilines is 1. The van der Waals surface area contributed by atoms with Crippen LogP contribution in [0.15, 0.2) is 30.5 Å². The molecule has 2 N–H and O–H groups in total. The summed E-state index contributed by atoms with van der Waals surface area (Å²) in [6.45, 7) is 4.28. The lowest BCUT2D eigenvalue weighted by molar-refractivity contribution is -0.115. The van der Waals surface area contributed by atoms with Gasteiger partial charge in [-0.2, -0.15) is 5.10 Å². The standard InChI is InChI=1S/C22H30N4O.ClH/c1-16-14-24-26(20-4-2-3-5-20)22(16)25-21(27)13-18-8-6-17(7-9-18)12-19-10-11-23-15-19;/h6-9,14,19-20,23H,2-5,10-13,15H2,1H3,(H,25,27);1H. The van der Waals surface area contributed by atoms with Crippen LogP contribution < -0.4 is 10.6 Å². The van der Waals surface area contributed by atoms with Gasteiger partial charge in [0, 0.05) is 5.56 Å². The van der Waals surface area contributed by atoms with E-state index >= 15 is 0 Å². The minimum Gasteiger partial charge on any atom is -0.316 e. The summed E-state index contributed by atoms with van der Waals surface area (Å²) in [5.74, 6) is 1.65. The van der Waals surface area contributed by atoms with Crippen molar-refractivity contribution in [1.29, 1.82) is 0 Å². The molecule has 1 atom stereocenters. The van der Waals surface area contributed by atoms with Crippen LogP contribution in [-0.4, -0.2) is 28.8 Å². The van der Waals surface area contributed by atoms with Crippen LogP contribution in [0.4, 0.5) is 5.82 Å². The van der Waals surface area contributed by atoms with Crippen LogP contribution in [-0.2, 0) is 17.6 Å². The number of amides is 1. The summed E-state index contributed by atoms with van der Waals surface area (Å²) in [5.41, 5.74) is 3.46. The van der Waals surface area contributed by atoms with Crippen LogP contribution in [0, 0.1) is 12.8 Å². The molecule has 6 heteroatoms. The SMILES string of the molecule is Cc1cnn(C2CCCC2)c1NC(=O)Cc1ccc(CC2CCNC2)cc1.Cl. The molecule has 5 nitrogen and oxygen atoms in total. The normalized spacial score (nSPS) is 19.5. The fraction of sp³-hybridized carbons (Fsp3) is 0.545. The minimum atomic E-state index is 0. The van der Waals surface area contributed by atoms with Crippen molar-refractivity contribution in [2.24, 2.45) is 5.92 Å². The lowest BCUT2D eigenvalue weighted by atomic mass is 9.97. The van der Waals surface area contributed by atoms with Gasteiger partial charge in [0.1, 0.15) is 5.82 Å². The van der Waals surface area contributed by atoms with Crippen LogP contribution in [0.3, 0.4) is 0 Å². The number of nitrogens with zero attached hydrogens (tertiary/aromatic N) is 2. The number of aromatic nitrogens is 2. The Morgan fingerprint density at radius 2 is 1.89 bits per heavy atom. The second-order valence-electron chi connectivity index (χ2n) is 8.16. The lowest BCUT2D eigenvalue weighted by Crippen LogP contribution is -2.19. The first-order valence-corrected chi connectivity index (χ1v) is 10.3. The first kappa shape index (κ1) is 20.9. The Morgan fingerprint density at radius 1 is 1.18 bits per heavy atom. The summed E-state index contributed by atoms with van der Waals surface area (Å²) in [6.07, 6.45) is 9.46. The summed E-state index contributed by atoms with van der Waals surface area (Å²) >= 11 is 0. The van der Waals surface area contributed by atoms with Gasteiger partial charge in [-0.05, 0) is 62.7 Å². The van der Waals surface area contributed by atoms with Crippen molar-refractivity contribution in [1.82, 2.24) is 15.1 Å². The first-order valence-electron chi connectivity index (χ1n) is 10.3. The van der Waals surface area contributed by atoms with Gasteiger partial charge in [0.2, 0.25) is 5.91 Å². The number of carbonyl (C=O) groups is 1. The third-order valence-electron chi connectivity index (χ3n) is 5.98. The highest BCUT2D eigenvalue weighted by Crippen LogP contribution is 2.32. The largest absolute Gasteiger partial charge is 0.316 e. The molecule has 1 amide bonds. The Balaban J connectivity index is 0.00000225. The number of halogens is 1. The van der Waals surface area contributed by atoms with Crippen LogP contribution in [0.5, 0.6) is 0 Å². The smallest absolute Gasteiger partial charge is 0.229 e. The zero-order valence-corrected chi connectivity index (χ0v) is 17.4. The molecule has 28 heavy (non-hydrogen) atoms. The Morgan fingerprint density at radius 3 is 2.57 bits per heavy atom. The fourth-order valence-corrected chi connectivity index (χ4v) is 4.41. The van der Waals surface area contributed by atoms with E-state index in [1.165, 1.54) is 24.8 Å². The quantitative estimate of drug-likeness (QED) is 0.765. The van der Waals surface area contributed by atoms with Crippen molar-refractivity contribution in [2.75, 3.05) is 18.4 Å². The maximum atomic E-state index is 12.6. The Hall–Kier alpha value is -1.85. The number of carbonyl (C=O) groups excluding carboxylic acids is 1. The van der Waals surface area contributed by atoms with Gasteiger partial charge in [-0.3, -0.25) is 4.79 Å². The molecule has 1 aliphatic carbocycles. The molecule has 152 valence electrons. The average Bonchev–Trinajstić information content (AvgIpc) is 3.41. The fourth-order valence-electron chi connectivity index (χ4n) is 4.41. The minimum absolute atomic E-state index is 0.